The molecule has 0 aliphatic carbocycles. The zero-order valence-corrected chi connectivity index (χ0v) is 15.2. The van der Waals surface area contributed by atoms with E-state index in [1.807, 2.05) is 38.5 Å². The van der Waals surface area contributed by atoms with Crippen molar-refractivity contribution >= 4 is 5.82 Å². The summed E-state index contributed by atoms with van der Waals surface area (Å²) in [5, 5.41) is 12.4. The largest absolute Gasteiger partial charge is 0.354 e. The van der Waals surface area contributed by atoms with Crippen molar-refractivity contribution in [3.63, 3.8) is 0 Å². The normalized spacial score (nSPS) is 15.5. The van der Waals surface area contributed by atoms with Gasteiger partial charge in [0, 0.05) is 70.8 Å². The molecule has 26 heavy (non-hydrogen) atoms. The molecule has 0 unspecified atom stereocenters. The fraction of sp³-hybridized carbons (Fsp3) is 0.471. The minimum atomic E-state index is 0.762. The Bertz CT molecular complexity index is 847. The smallest absolute Gasteiger partial charge is 0.159 e. The fourth-order valence-corrected chi connectivity index (χ4v) is 3.20. The number of piperazine rings is 1. The summed E-state index contributed by atoms with van der Waals surface area (Å²) in [7, 11) is 1.90. The lowest BCUT2D eigenvalue weighted by Crippen LogP contribution is -2.47. The highest BCUT2D eigenvalue weighted by molar-refractivity contribution is 5.44. The van der Waals surface area contributed by atoms with E-state index in [-0.39, 0.29) is 0 Å². The second-order valence-electron chi connectivity index (χ2n) is 6.54. The van der Waals surface area contributed by atoms with Gasteiger partial charge in [0.2, 0.25) is 0 Å². The van der Waals surface area contributed by atoms with Gasteiger partial charge in [0.25, 0.3) is 0 Å². The first-order chi connectivity index (χ1) is 12.7. The summed E-state index contributed by atoms with van der Waals surface area (Å²) in [6.45, 7) is 6.87. The molecule has 0 atom stereocenters. The van der Waals surface area contributed by atoms with Gasteiger partial charge in [-0.25, -0.2) is 14.6 Å². The summed E-state index contributed by atoms with van der Waals surface area (Å²) in [5.41, 5.74) is 1.05. The van der Waals surface area contributed by atoms with E-state index in [1.165, 1.54) is 0 Å². The van der Waals surface area contributed by atoms with Crippen LogP contribution < -0.4 is 4.90 Å². The third-order valence-electron chi connectivity index (χ3n) is 4.58. The predicted molar refractivity (Wildman–Crippen MR) is 97.3 cm³/mol. The summed E-state index contributed by atoms with van der Waals surface area (Å²) in [5.74, 6) is 2.54. The van der Waals surface area contributed by atoms with E-state index < -0.39 is 0 Å². The highest BCUT2D eigenvalue weighted by Gasteiger charge is 2.19. The van der Waals surface area contributed by atoms with Crippen molar-refractivity contribution in [2.75, 3.05) is 37.6 Å². The number of hydrogen-bond donors (Lipinski definition) is 0. The number of anilines is 1. The topological polar surface area (TPSA) is 80.8 Å². The molecule has 1 saturated heterocycles. The molecule has 136 valence electrons. The van der Waals surface area contributed by atoms with Crippen molar-refractivity contribution in [3.05, 3.63) is 42.2 Å². The molecule has 0 radical (unpaired) electrons. The van der Waals surface area contributed by atoms with Crippen LogP contribution in [-0.4, -0.2) is 72.4 Å². The Morgan fingerprint density at radius 3 is 2.58 bits per heavy atom. The van der Waals surface area contributed by atoms with Gasteiger partial charge in [-0.1, -0.05) is 5.21 Å². The summed E-state index contributed by atoms with van der Waals surface area (Å²) < 4.78 is 3.53. The first-order valence-electron chi connectivity index (χ1n) is 8.85. The van der Waals surface area contributed by atoms with Gasteiger partial charge in [-0.3, -0.25) is 9.58 Å². The standard InChI is InChI=1S/C17H23N9/c1-14-19-16(12-17(20-14)26-6-3-5-18-26)25-10-8-24(9-11-25)7-4-15-13-23(2)22-21-15/h3,5-6,12-13H,4,7-11H2,1-2H3. The lowest BCUT2D eigenvalue weighted by atomic mass is 10.2. The van der Waals surface area contributed by atoms with Crippen molar-refractivity contribution in [1.82, 2.24) is 39.6 Å². The molecule has 9 heteroatoms. The molecule has 1 fully saturated rings. The van der Waals surface area contributed by atoms with Crippen LogP contribution in [0.2, 0.25) is 0 Å². The van der Waals surface area contributed by atoms with Crippen LogP contribution in [0.15, 0.2) is 30.7 Å². The molecule has 0 amide bonds. The summed E-state index contributed by atoms with van der Waals surface area (Å²) >= 11 is 0. The van der Waals surface area contributed by atoms with E-state index in [0.29, 0.717) is 0 Å². The van der Waals surface area contributed by atoms with Crippen molar-refractivity contribution in [2.24, 2.45) is 7.05 Å². The van der Waals surface area contributed by atoms with Gasteiger partial charge in [0.05, 0.1) is 5.69 Å². The van der Waals surface area contributed by atoms with Crippen LogP contribution in [-0.2, 0) is 13.5 Å². The lowest BCUT2D eigenvalue weighted by Gasteiger charge is -2.35. The van der Waals surface area contributed by atoms with E-state index in [2.05, 4.69) is 35.2 Å². The van der Waals surface area contributed by atoms with Gasteiger partial charge in [-0.15, -0.1) is 5.10 Å². The maximum Gasteiger partial charge on any atom is 0.159 e. The van der Waals surface area contributed by atoms with Crippen molar-refractivity contribution < 1.29 is 0 Å². The van der Waals surface area contributed by atoms with Gasteiger partial charge in [-0.2, -0.15) is 5.10 Å². The van der Waals surface area contributed by atoms with Crippen LogP contribution >= 0.6 is 0 Å². The molecule has 0 aromatic carbocycles. The second kappa shape index (κ2) is 7.20. The maximum absolute atomic E-state index is 4.62. The van der Waals surface area contributed by atoms with Gasteiger partial charge in [0.1, 0.15) is 11.6 Å². The summed E-state index contributed by atoms with van der Waals surface area (Å²) in [6, 6.07) is 3.90. The van der Waals surface area contributed by atoms with Gasteiger partial charge >= 0.3 is 0 Å². The first kappa shape index (κ1) is 16.6. The number of rotatable bonds is 5. The SMILES string of the molecule is Cc1nc(N2CCN(CCc3cn(C)nn3)CC2)cc(-n2cccn2)n1. The highest BCUT2D eigenvalue weighted by Crippen LogP contribution is 2.17. The number of nitrogens with zero attached hydrogens (tertiary/aromatic N) is 9. The highest BCUT2D eigenvalue weighted by atomic mass is 15.4. The minimum Gasteiger partial charge on any atom is -0.354 e. The number of aryl methyl sites for hydroxylation is 2. The molecule has 4 rings (SSSR count). The van der Waals surface area contributed by atoms with Crippen LogP contribution in [0.25, 0.3) is 5.82 Å². The third kappa shape index (κ3) is 3.72. The van der Waals surface area contributed by atoms with E-state index in [9.17, 15) is 0 Å². The second-order valence-corrected chi connectivity index (χ2v) is 6.54. The zero-order chi connectivity index (χ0) is 17.9. The van der Waals surface area contributed by atoms with Gasteiger partial charge < -0.3 is 4.90 Å². The quantitative estimate of drug-likeness (QED) is 0.659. The molecule has 1 aliphatic rings. The zero-order valence-electron chi connectivity index (χ0n) is 15.2. The maximum atomic E-state index is 4.62. The van der Waals surface area contributed by atoms with Crippen LogP contribution in [0.1, 0.15) is 11.5 Å². The molecule has 0 saturated carbocycles. The van der Waals surface area contributed by atoms with E-state index in [4.69, 9.17) is 0 Å². The van der Waals surface area contributed by atoms with Gasteiger partial charge in [-0.05, 0) is 13.0 Å². The summed E-state index contributed by atoms with van der Waals surface area (Å²) in [6.07, 6.45) is 6.57. The number of hydrogen-bond acceptors (Lipinski definition) is 7. The van der Waals surface area contributed by atoms with Crippen LogP contribution in [0.4, 0.5) is 5.82 Å². The summed E-state index contributed by atoms with van der Waals surface area (Å²) in [4.78, 5) is 13.9. The molecule has 3 aromatic rings. The monoisotopic (exact) mass is 353 g/mol. The Kier molecular flexibility index (Phi) is 4.61. The Morgan fingerprint density at radius 2 is 1.88 bits per heavy atom. The van der Waals surface area contributed by atoms with Crippen LogP contribution in [0, 0.1) is 6.92 Å². The average Bonchev–Trinajstić information content (AvgIpc) is 3.32. The Hall–Kier alpha value is -2.81. The van der Waals surface area contributed by atoms with Crippen LogP contribution in [0.5, 0.6) is 0 Å². The van der Waals surface area contributed by atoms with E-state index in [1.54, 1.807) is 15.6 Å². The molecule has 9 nitrogen and oxygen atoms in total. The molecule has 1 aliphatic heterocycles. The minimum absolute atomic E-state index is 0.762. The molecular formula is C17H23N9. The van der Waals surface area contributed by atoms with Crippen molar-refractivity contribution in [1.29, 1.82) is 0 Å². The van der Waals surface area contributed by atoms with Gasteiger partial charge in [0.15, 0.2) is 5.82 Å². The van der Waals surface area contributed by atoms with E-state index >= 15 is 0 Å². The molecule has 0 N–H and O–H groups in total. The Labute approximate surface area is 152 Å². The number of aromatic nitrogens is 7. The Morgan fingerprint density at radius 1 is 1.08 bits per heavy atom. The molecular weight excluding hydrogens is 330 g/mol. The fourth-order valence-electron chi connectivity index (χ4n) is 3.20. The van der Waals surface area contributed by atoms with Crippen molar-refractivity contribution in [2.45, 2.75) is 13.3 Å². The molecule has 3 aromatic heterocycles. The van der Waals surface area contributed by atoms with Crippen molar-refractivity contribution in [3.8, 4) is 5.82 Å². The third-order valence-corrected chi connectivity index (χ3v) is 4.58. The molecule has 0 bridgehead atoms. The average molecular weight is 353 g/mol. The lowest BCUT2D eigenvalue weighted by molar-refractivity contribution is 0.259. The molecule has 0 spiro atoms. The molecule has 4 heterocycles. The Balaban J connectivity index is 1.37. The van der Waals surface area contributed by atoms with Crippen LogP contribution in [0.3, 0.4) is 0 Å². The van der Waals surface area contributed by atoms with E-state index in [0.717, 1.165) is 62.3 Å². The first-order valence-corrected chi connectivity index (χ1v) is 8.85. The predicted octanol–water partition coefficient (Wildman–Crippen LogP) is 0.464.